The minimum absolute atomic E-state index is 0.384. The number of benzene rings is 1. The van der Waals surface area contributed by atoms with E-state index in [1.54, 1.807) is 24.5 Å². The highest BCUT2D eigenvalue weighted by molar-refractivity contribution is 5.76. The van der Waals surface area contributed by atoms with Crippen LogP contribution in [0.1, 0.15) is 5.56 Å². The van der Waals surface area contributed by atoms with E-state index in [4.69, 9.17) is 5.53 Å². The zero-order valence-corrected chi connectivity index (χ0v) is 5.56. The van der Waals surface area contributed by atoms with Crippen LogP contribution < -0.4 is 0 Å². The third-order valence-electron chi connectivity index (χ3n) is 1.12. The molecule has 4 nitrogen and oxygen atoms in total. The molecule has 11 heavy (non-hydrogen) atoms. The molecule has 0 unspecified atom stereocenters. The lowest BCUT2D eigenvalue weighted by molar-refractivity contribution is 0.563. The molecule has 0 saturated carbocycles. The Hall–Kier alpha value is -1.80. The van der Waals surface area contributed by atoms with E-state index in [1.807, 2.05) is 0 Å². The summed E-state index contributed by atoms with van der Waals surface area (Å²) in [6.45, 7) is 0. The van der Waals surface area contributed by atoms with Crippen LogP contribution in [0.4, 0.5) is 5.69 Å². The molecule has 0 atom stereocenters. The third kappa shape index (κ3) is 1.81. The highest BCUT2D eigenvalue weighted by atomic mass is 16.1. The van der Waals surface area contributed by atoms with E-state index in [2.05, 4.69) is 10.0 Å². The smallest absolute Gasteiger partial charge is 0.233 e. The summed E-state index contributed by atoms with van der Waals surface area (Å²) in [6.07, 6.45) is 1.69. The van der Waals surface area contributed by atoms with Crippen LogP contribution in [0.15, 0.2) is 29.4 Å². The summed E-state index contributed by atoms with van der Waals surface area (Å²) >= 11 is 0. The van der Waals surface area contributed by atoms with E-state index in [9.17, 15) is 4.79 Å². The van der Waals surface area contributed by atoms with Gasteiger partial charge in [-0.05, 0) is 11.6 Å². The van der Waals surface area contributed by atoms with Crippen LogP contribution in [0.25, 0.3) is 10.4 Å². The predicted molar refractivity (Wildman–Crippen MR) is 40.0 cm³/mol. The van der Waals surface area contributed by atoms with E-state index in [0.717, 1.165) is 0 Å². The van der Waals surface area contributed by atoms with Gasteiger partial charge >= 0.3 is 0 Å². The normalized spacial score (nSPS) is 8.36. The fourth-order valence-corrected chi connectivity index (χ4v) is 0.683. The lowest BCUT2D eigenvalue weighted by atomic mass is 10.2. The lowest BCUT2D eigenvalue weighted by Crippen LogP contribution is -1.76. The molecule has 1 aromatic rings. The maximum atomic E-state index is 10.1. The third-order valence-corrected chi connectivity index (χ3v) is 1.12. The van der Waals surface area contributed by atoms with Crippen LogP contribution in [-0.2, 0) is 4.79 Å². The molecule has 0 bridgehead atoms. The molecule has 0 saturated heterocycles. The molecule has 0 spiro atoms. The monoisotopic (exact) mass is 146 g/mol. The molecule has 0 aromatic heterocycles. The molecule has 53 valence electrons. The summed E-state index contributed by atoms with van der Waals surface area (Å²) in [5, 5.41) is 3.32. The maximum Gasteiger partial charge on any atom is 0.233 e. The maximum absolute atomic E-state index is 10.1. The van der Waals surface area contributed by atoms with Gasteiger partial charge in [0.25, 0.3) is 0 Å². The van der Waals surface area contributed by atoms with Crippen LogP contribution >= 0.6 is 0 Å². The second kappa shape index (κ2) is 3.39. The summed E-state index contributed by atoms with van der Waals surface area (Å²) in [6, 6.07) is 6.29. The summed E-state index contributed by atoms with van der Waals surface area (Å²) in [4.78, 5) is 12.7. The molecule has 0 heterocycles. The van der Waals surface area contributed by atoms with Crippen LogP contribution in [0.2, 0.25) is 0 Å². The van der Waals surface area contributed by atoms with Crippen molar-refractivity contribution in [1.29, 1.82) is 0 Å². The van der Waals surface area contributed by atoms with Gasteiger partial charge in [0.1, 0.15) is 0 Å². The highest BCUT2D eigenvalue weighted by Crippen LogP contribution is 2.12. The summed E-state index contributed by atoms with van der Waals surface area (Å²) < 4.78 is 0. The summed E-state index contributed by atoms with van der Waals surface area (Å²) in [5.41, 5.74) is 8.85. The zero-order chi connectivity index (χ0) is 8.10. The Morgan fingerprint density at radius 3 is 3.00 bits per heavy atom. The van der Waals surface area contributed by atoms with Gasteiger partial charge in [0, 0.05) is 16.2 Å². The van der Waals surface area contributed by atoms with Crippen molar-refractivity contribution in [2.45, 2.75) is 0 Å². The summed E-state index contributed by atoms with van der Waals surface area (Å²) in [5.74, 6) is 0. The summed E-state index contributed by atoms with van der Waals surface area (Å²) in [7, 11) is 0. The average Bonchev–Trinajstić information content (AvgIpc) is 2.06. The van der Waals surface area contributed by atoms with E-state index in [1.165, 1.54) is 6.07 Å². The predicted octanol–water partition coefficient (Wildman–Crippen LogP) is 2.09. The molecule has 0 aliphatic carbocycles. The molecular formula is C7H4N3O. The van der Waals surface area contributed by atoms with Crippen molar-refractivity contribution in [3.05, 3.63) is 40.3 Å². The van der Waals surface area contributed by atoms with Gasteiger partial charge in [-0.25, -0.2) is 0 Å². The Kier molecular flexibility index (Phi) is 2.25. The van der Waals surface area contributed by atoms with Crippen molar-refractivity contribution in [3.8, 4) is 0 Å². The van der Waals surface area contributed by atoms with Gasteiger partial charge in [-0.15, -0.1) is 0 Å². The van der Waals surface area contributed by atoms with Crippen LogP contribution in [0, 0.1) is 0 Å². The average molecular weight is 146 g/mol. The van der Waals surface area contributed by atoms with Gasteiger partial charge in [0.2, 0.25) is 6.29 Å². The minimum atomic E-state index is 0.384. The minimum Gasteiger partial charge on any atom is -0.285 e. The van der Waals surface area contributed by atoms with E-state index in [-0.39, 0.29) is 0 Å². The number of hydrogen-bond donors (Lipinski definition) is 0. The van der Waals surface area contributed by atoms with Gasteiger partial charge in [0.15, 0.2) is 0 Å². The second-order valence-corrected chi connectivity index (χ2v) is 1.84. The molecular weight excluding hydrogens is 142 g/mol. The Morgan fingerprint density at radius 1 is 1.55 bits per heavy atom. The molecule has 0 aliphatic rings. The lowest BCUT2D eigenvalue weighted by Gasteiger charge is -1.89. The van der Waals surface area contributed by atoms with Crippen molar-refractivity contribution in [2.75, 3.05) is 0 Å². The molecule has 1 radical (unpaired) electrons. The van der Waals surface area contributed by atoms with Crippen LogP contribution in [-0.4, -0.2) is 6.29 Å². The van der Waals surface area contributed by atoms with E-state index < -0.39 is 0 Å². The molecule has 0 amide bonds. The molecule has 4 heteroatoms. The Morgan fingerprint density at radius 2 is 2.36 bits per heavy atom. The number of carbonyl (C=O) groups excluding carboxylic acids is 1. The fraction of sp³-hybridized carbons (Fsp3) is 0. The SMILES string of the molecule is [N-]=[N+]=Nc1cccc([C]=O)c1. The second-order valence-electron chi connectivity index (χ2n) is 1.84. The molecule has 0 fully saturated rings. The van der Waals surface area contributed by atoms with Crippen LogP contribution in [0.5, 0.6) is 0 Å². The van der Waals surface area contributed by atoms with Gasteiger partial charge in [-0.2, -0.15) is 0 Å². The number of hydrogen-bond acceptors (Lipinski definition) is 2. The zero-order valence-electron chi connectivity index (χ0n) is 5.56. The van der Waals surface area contributed by atoms with Gasteiger partial charge in [-0.3, -0.25) is 4.79 Å². The molecule has 1 rings (SSSR count). The van der Waals surface area contributed by atoms with Crippen molar-refractivity contribution in [2.24, 2.45) is 5.11 Å². The largest absolute Gasteiger partial charge is 0.285 e. The highest BCUT2D eigenvalue weighted by Gasteiger charge is 1.90. The molecule has 1 aromatic carbocycles. The number of azide groups is 1. The first-order valence-electron chi connectivity index (χ1n) is 2.90. The first-order chi connectivity index (χ1) is 5.36. The fourth-order valence-electron chi connectivity index (χ4n) is 0.683. The van der Waals surface area contributed by atoms with Crippen molar-refractivity contribution in [3.63, 3.8) is 0 Å². The van der Waals surface area contributed by atoms with Crippen molar-refractivity contribution < 1.29 is 4.79 Å². The Balaban J connectivity index is 3.09. The number of nitrogens with zero attached hydrogens (tertiary/aromatic N) is 3. The van der Waals surface area contributed by atoms with Gasteiger partial charge < -0.3 is 0 Å². The van der Waals surface area contributed by atoms with Gasteiger partial charge in [-0.1, -0.05) is 23.3 Å². The van der Waals surface area contributed by atoms with E-state index >= 15 is 0 Å². The Labute approximate surface area is 63.1 Å². The topological polar surface area (TPSA) is 65.8 Å². The van der Waals surface area contributed by atoms with Crippen LogP contribution in [0.3, 0.4) is 0 Å². The standard InChI is InChI=1S/C7H4N3O/c8-10-9-7-3-1-2-6(4-7)5-11/h1-4H. The first-order valence-corrected chi connectivity index (χ1v) is 2.90. The molecule has 0 N–H and O–H groups in total. The van der Waals surface area contributed by atoms with E-state index in [0.29, 0.717) is 11.3 Å². The quantitative estimate of drug-likeness (QED) is 0.358. The Bertz CT molecular complexity index is 315. The number of rotatable bonds is 2. The van der Waals surface area contributed by atoms with Gasteiger partial charge in [0.05, 0.1) is 0 Å². The van der Waals surface area contributed by atoms with Crippen molar-refractivity contribution >= 4 is 12.0 Å². The molecule has 0 aliphatic heterocycles. The first kappa shape index (κ1) is 7.31. The van der Waals surface area contributed by atoms with Crippen molar-refractivity contribution in [1.82, 2.24) is 0 Å².